The molecule has 1 amide bonds. The van der Waals surface area contributed by atoms with Crippen molar-refractivity contribution in [3.63, 3.8) is 0 Å². The largest absolute Gasteiger partial charge is 0.435 e. The third kappa shape index (κ3) is 4.39. The number of amides is 1. The van der Waals surface area contributed by atoms with Crippen molar-refractivity contribution in [2.45, 2.75) is 58.7 Å². The van der Waals surface area contributed by atoms with E-state index >= 15 is 0 Å². The maximum Gasteiger partial charge on any atom is 0.435 e. The number of hydrogen-bond donors (Lipinski definition) is 0. The molecule has 1 unspecified atom stereocenters. The highest BCUT2D eigenvalue weighted by Crippen LogP contribution is 2.35. The predicted molar refractivity (Wildman–Crippen MR) is 94.2 cm³/mol. The van der Waals surface area contributed by atoms with Gasteiger partial charge >= 0.3 is 6.18 Å². The van der Waals surface area contributed by atoms with Crippen molar-refractivity contribution in [3.05, 3.63) is 17.0 Å². The lowest BCUT2D eigenvalue weighted by atomic mass is 10.1. The van der Waals surface area contributed by atoms with E-state index < -0.39 is 17.8 Å². The first-order chi connectivity index (χ1) is 12.2. The minimum Gasteiger partial charge on any atom is -0.339 e. The zero-order valence-electron chi connectivity index (χ0n) is 16.1. The summed E-state index contributed by atoms with van der Waals surface area (Å²) >= 11 is 0. The summed E-state index contributed by atoms with van der Waals surface area (Å²) in [6.07, 6.45) is -1.33. The Bertz CT molecular complexity index is 627. The van der Waals surface area contributed by atoms with Gasteiger partial charge in [-0.15, -0.1) is 0 Å². The molecule has 1 aliphatic heterocycles. The monoisotopic (exact) mass is 374 g/mol. The fraction of sp³-hybridized carbons (Fsp3) is 0.778. The third-order valence-corrected chi connectivity index (χ3v) is 5.03. The molecule has 8 heteroatoms. The quantitative estimate of drug-likeness (QED) is 0.762. The summed E-state index contributed by atoms with van der Waals surface area (Å²) in [7, 11) is 1.95. The molecule has 0 spiro atoms. The normalized spacial score (nSPS) is 19.0. The second kappa shape index (κ2) is 8.41. The number of nitrogens with zero attached hydrogens (tertiary/aromatic N) is 4. The van der Waals surface area contributed by atoms with Crippen LogP contribution in [0, 0.1) is 6.92 Å². The number of carbonyl (C=O) groups excluding carboxylic acids is 1. The maximum atomic E-state index is 13.6. The van der Waals surface area contributed by atoms with Gasteiger partial charge in [0.25, 0.3) is 5.91 Å². The van der Waals surface area contributed by atoms with Crippen LogP contribution >= 0.6 is 0 Å². The van der Waals surface area contributed by atoms with Crippen molar-refractivity contribution in [2.75, 3.05) is 33.2 Å². The highest BCUT2D eigenvalue weighted by atomic mass is 19.4. The van der Waals surface area contributed by atoms with Crippen LogP contribution < -0.4 is 0 Å². The van der Waals surface area contributed by atoms with E-state index in [0.29, 0.717) is 25.3 Å². The van der Waals surface area contributed by atoms with E-state index in [2.05, 4.69) is 10.00 Å². The predicted octanol–water partition coefficient (Wildman–Crippen LogP) is 3.74. The van der Waals surface area contributed by atoms with Crippen LogP contribution in [0.5, 0.6) is 0 Å². The molecule has 1 atom stereocenters. The minimum absolute atomic E-state index is 0.137. The van der Waals surface area contributed by atoms with Gasteiger partial charge < -0.3 is 9.80 Å². The van der Waals surface area contributed by atoms with E-state index in [4.69, 9.17) is 0 Å². The highest BCUT2D eigenvalue weighted by Gasteiger charge is 2.42. The smallest absolute Gasteiger partial charge is 0.339 e. The Morgan fingerprint density at radius 1 is 1.35 bits per heavy atom. The summed E-state index contributed by atoms with van der Waals surface area (Å²) < 4.78 is 42.3. The molecule has 0 aliphatic carbocycles. The molecule has 2 heterocycles. The summed E-state index contributed by atoms with van der Waals surface area (Å²) in [6.45, 7) is 7.76. The van der Waals surface area contributed by atoms with E-state index in [1.54, 1.807) is 13.8 Å². The molecule has 2 rings (SSSR count). The number of piperidine rings is 1. The van der Waals surface area contributed by atoms with Crippen LogP contribution in [-0.2, 0) is 6.18 Å². The van der Waals surface area contributed by atoms with Crippen LogP contribution in [0.1, 0.15) is 67.3 Å². The fourth-order valence-electron chi connectivity index (χ4n) is 3.58. The summed E-state index contributed by atoms with van der Waals surface area (Å²) in [5.41, 5.74) is -1.02. The van der Waals surface area contributed by atoms with Gasteiger partial charge in [0, 0.05) is 25.3 Å². The lowest BCUT2D eigenvalue weighted by molar-refractivity contribution is -0.142. The summed E-state index contributed by atoms with van der Waals surface area (Å²) in [5, 5.41) is 3.87. The summed E-state index contributed by atoms with van der Waals surface area (Å²) in [5.74, 6) is -0.568. The van der Waals surface area contributed by atoms with Gasteiger partial charge in [0.05, 0.1) is 11.6 Å². The van der Waals surface area contributed by atoms with Crippen LogP contribution in [0.2, 0.25) is 0 Å². The molecule has 0 saturated carbocycles. The molecule has 148 valence electrons. The molecule has 1 fully saturated rings. The van der Waals surface area contributed by atoms with Gasteiger partial charge in [0.1, 0.15) is 0 Å². The molecule has 0 radical (unpaired) electrons. The van der Waals surface area contributed by atoms with Gasteiger partial charge in [0.2, 0.25) is 0 Å². The van der Waals surface area contributed by atoms with Crippen molar-refractivity contribution in [1.82, 2.24) is 19.6 Å². The molecule has 5 nitrogen and oxygen atoms in total. The van der Waals surface area contributed by atoms with Gasteiger partial charge in [-0.3, -0.25) is 9.48 Å². The number of unbranched alkanes of at least 4 members (excludes halogenated alkanes) is 1. The van der Waals surface area contributed by atoms with Crippen molar-refractivity contribution in [3.8, 4) is 0 Å². The van der Waals surface area contributed by atoms with Gasteiger partial charge in [0.15, 0.2) is 5.69 Å². The van der Waals surface area contributed by atoms with Crippen molar-refractivity contribution >= 4 is 5.91 Å². The second-order valence-corrected chi connectivity index (χ2v) is 7.05. The fourth-order valence-corrected chi connectivity index (χ4v) is 3.58. The Morgan fingerprint density at radius 3 is 2.58 bits per heavy atom. The van der Waals surface area contributed by atoms with Crippen LogP contribution in [0.3, 0.4) is 0 Å². The number of likely N-dealkylation sites (N-methyl/N-ethyl adjacent to an activating group) is 1. The molecule has 0 N–H and O–H groups in total. The zero-order chi connectivity index (χ0) is 19.5. The molecular formula is C18H29F3N4O. The number of alkyl halides is 3. The van der Waals surface area contributed by atoms with Crippen molar-refractivity contribution < 1.29 is 18.0 Å². The maximum absolute atomic E-state index is 13.6. The Kier molecular flexibility index (Phi) is 6.71. The average molecular weight is 374 g/mol. The van der Waals surface area contributed by atoms with Crippen molar-refractivity contribution in [1.29, 1.82) is 0 Å². The Morgan fingerprint density at radius 2 is 2.04 bits per heavy atom. The molecule has 0 bridgehead atoms. The molecular weight excluding hydrogens is 345 g/mol. The lowest BCUT2D eigenvalue weighted by Crippen LogP contribution is -2.35. The minimum atomic E-state index is -4.65. The summed E-state index contributed by atoms with van der Waals surface area (Å²) in [4.78, 5) is 16.5. The number of hydrogen-bond acceptors (Lipinski definition) is 3. The van der Waals surface area contributed by atoms with Gasteiger partial charge in [-0.2, -0.15) is 18.3 Å². The lowest BCUT2D eigenvalue weighted by Gasteiger charge is -2.30. The number of halogens is 3. The Balaban J connectivity index is 2.44. The molecule has 1 aromatic heterocycles. The molecule has 1 aliphatic rings. The molecule has 1 aromatic rings. The van der Waals surface area contributed by atoms with E-state index in [1.165, 1.54) is 9.58 Å². The van der Waals surface area contributed by atoms with Gasteiger partial charge in [-0.1, -0.05) is 13.3 Å². The first-order valence-corrected chi connectivity index (χ1v) is 9.34. The standard InChI is InChI=1S/C18H29F3N4O/c1-5-7-11-24(6-2)17(26)15-13(3)25(22-16(15)18(19,20)21)14-9-8-10-23(4)12-14/h14H,5-12H2,1-4H3. The molecule has 1 saturated heterocycles. The SMILES string of the molecule is CCCCN(CC)C(=O)c1c(C(F)(F)F)nn(C2CCCN(C)C2)c1C. The molecule has 26 heavy (non-hydrogen) atoms. The van der Waals surface area contributed by atoms with E-state index in [1.807, 2.05) is 14.0 Å². The number of aromatic nitrogens is 2. The average Bonchev–Trinajstić information content (AvgIpc) is 2.93. The highest BCUT2D eigenvalue weighted by molar-refractivity contribution is 5.96. The van der Waals surface area contributed by atoms with Crippen LogP contribution in [0.25, 0.3) is 0 Å². The zero-order valence-corrected chi connectivity index (χ0v) is 16.1. The van der Waals surface area contributed by atoms with E-state index in [-0.39, 0.29) is 11.6 Å². The second-order valence-electron chi connectivity index (χ2n) is 7.05. The van der Waals surface area contributed by atoms with Crippen molar-refractivity contribution in [2.24, 2.45) is 0 Å². The number of likely N-dealkylation sites (tertiary alicyclic amines) is 1. The number of carbonyl (C=O) groups is 1. The third-order valence-electron chi connectivity index (χ3n) is 5.03. The topological polar surface area (TPSA) is 41.4 Å². The van der Waals surface area contributed by atoms with Crippen LogP contribution in [0.15, 0.2) is 0 Å². The van der Waals surface area contributed by atoms with Gasteiger partial charge in [-0.05, 0) is 46.7 Å². The summed E-state index contributed by atoms with van der Waals surface area (Å²) in [6, 6.07) is -0.137. The van der Waals surface area contributed by atoms with Gasteiger partial charge in [-0.25, -0.2) is 0 Å². The first-order valence-electron chi connectivity index (χ1n) is 9.34. The molecule has 0 aromatic carbocycles. The van der Waals surface area contributed by atoms with Crippen LogP contribution in [-0.4, -0.2) is 58.7 Å². The Hall–Kier alpha value is -1.57. The first kappa shape index (κ1) is 20.7. The van der Waals surface area contributed by atoms with E-state index in [9.17, 15) is 18.0 Å². The van der Waals surface area contributed by atoms with E-state index in [0.717, 1.165) is 32.2 Å². The van der Waals surface area contributed by atoms with Crippen LogP contribution in [0.4, 0.5) is 13.2 Å². The number of rotatable bonds is 6. The Labute approximate surface area is 153 Å².